The van der Waals surface area contributed by atoms with Crippen LogP contribution in [0.5, 0.6) is 0 Å². The van der Waals surface area contributed by atoms with E-state index in [1.807, 2.05) is 0 Å². The van der Waals surface area contributed by atoms with Gasteiger partial charge in [-0.05, 0) is 44.4 Å². The lowest BCUT2D eigenvalue weighted by atomic mass is 9.98. The Balaban J connectivity index is 1.49. The van der Waals surface area contributed by atoms with Crippen LogP contribution in [-0.2, 0) is 14.3 Å². The molecule has 3 rings (SSSR count). The fraction of sp³-hybridized carbons (Fsp3) is 0.500. The van der Waals surface area contributed by atoms with Crippen molar-refractivity contribution in [2.24, 2.45) is 0 Å². The summed E-state index contributed by atoms with van der Waals surface area (Å²) in [6.45, 7) is 2.21. The highest BCUT2D eigenvalue weighted by atomic mass is 16.5. The van der Waals surface area contributed by atoms with Crippen LogP contribution in [0.3, 0.4) is 0 Å². The van der Waals surface area contributed by atoms with Crippen LogP contribution in [0.4, 0.5) is 10.5 Å². The number of anilines is 1. The van der Waals surface area contributed by atoms with Gasteiger partial charge in [-0.1, -0.05) is 18.9 Å². The van der Waals surface area contributed by atoms with Crippen molar-refractivity contribution in [2.45, 2.75) is 51.0 Å². The van der Waals surface area contributed by atoms with E-state index in [4.69, 9.17) is 4.74 Å². The molecule has 1 aliphatic heterocycles. The SMILES string of the molecule is CCOC(=O)c1cccc(NC(=O)CCCN2C(=O)NC3(CCCC3)C2=O)c1. The Morgan fingerprint density at radius 3 is 2.71 bits per heavy atom. The summed E-state index contributed by atoms with van der Waals surface area (Å²) < 4.78 is 4.94. The molecule has 2 fully saturated rings. The lowest BCUT2D eigenvalue weighted by Gasteiger charge is -2.19. The van der Waals surface area contributed by atoms with E-state index in [2.05, 4.69) is 10.6 Å². The molecule has 0 radical (unpaired) electrons. The van der Waals surface area contributed by atoms with Gasteiger partial charge in [-0.25, -0.2) is 9.59 Å². The van der Waals surface area contributed by atoms with Crippen molar-refractivity contribution in [3.63, 3.8) is 0 Å². The van der Waals surface area contributed by atoms with Crippen LogP contribution in [0.2, 0.25) is 0 Å². The molecule has 0 unspecified atom stereocenters. The number of hydrogen-bond donors (Lipinski definition) is 2. The van der Waals surface area contributed by atoms with Gasteiger partial charge in [0.1, 0.15) is 5.54 Å². The third-order valence-corrected chi connectivity index (χ3v) is 5.15. The number of esters is 1. The number of imide groups is 1. The molecule has 2 N–H and O–H groups in total. The molecule has 150 valence electrons. The first-order chi connectivity index (χ1) is 13.4. The molecule has 1 aromatic carbocycles. The number of benzene rings is 1. The Hall–Kier alpha value is -2.90. The van der Waals surface area contributed by atoms with Gasteiger partial charge >= 0.3 is 12.0 Å². The summed E-state index contributed by atoms with van der Waals surface area (Å²) in [4.78, 5) is 49.8. The largest absolute Gasteiger partial charge is 0.462 e. The Bertz CT molecular complexity index is 786. The van der Waals surface area contributed by atoms with Gasteiger partial charge in [-0.3, -0.25) is 14.5 Å². The van der Waals surface area contributed by atoms with E-state index in [0.29, 0.717) is 30.5 Å². The van der Waals surface area contributed by atoms with Crippen LogP contribution in [0, 0.1) is 0 Å². The lowest BCUT2D eigenvalue weighted by molar-refractivity contribution is -0.131. The minimum atomic E-state index is -0.715. The van der Waals surface area contributed by atoms with Gasteiger partial charge in [-0.15, -0.1) is 0 Å². The summed E-state index contributed by atoms with van der Waals surface area (Å²) in [7, 11) is 0. The highest BCUT2D eigenvalue weighted by Gasteiger charge is 2.51. The monoisotopic (exact) mass is 387 g/mol. The van der Waals surface area contributed by atoms with Crippen LogP contribution in [0.1, 0.15) is 55.8 Å². The summed E-state index contributed by atoms with van der Waals surface area (Å²) in [5.74, 6) is -0.862. The third-order valence-electron chi connectivity index (χ3n) is 5.15. The normalized spacial score (nSPS) is 17.7. The van der Waals surface area contributed by atoms with Crippen molar-refractivity contribution in [3.05, 3.63) is 29.8 Å². The molecule has 1 heterocycles. The first-order valence-corrected chi connectivity index (χ1v) is 9.66. The second-order valence-corrected chi connectivity index (χ2v) is 7.13. The van der Waals surface area contributed by atoms with Gasteiger partial charge in [0.15, 0.2) is 0 Å². The van der Waals surface area contributed by atoms with Crippen LogP contribution < -0.4 is 10.6 Å². The number of amides is 4. The van der Waals surface area contributed by atoms with E-state index in [1.54, 1.807) is 31.2 Å². The summed E-state index contributed by atoms with van der Waals surface area (Å²) in [5, 5.41) is 5.55. The molecule has 2 aliphatic rings. The molecule has 0 bridgehead atoms. The van der Waals surface area contributed by atoms with Crippen molar-refractivity contribution >= 4 is 29.5 Å². The molecule has 28 heavy (non-hydrogen) atoms. The Morgan fingerprint density at radius 2 is 2.00 bits per heavy atom. The molecule has 0 atom stereocenters. The number of rotatable bonds is 7. The number of nitrogens with zero attached hydrogens (tertiary/aromatic N) is 1. The lowest BCUT2D eigenvalue weighted by Crippen LogP contribution is -2.44. The molecular weight excluding hydrogens is 362 g/mol. The van der Waals surface area contributed by atoms with Crippen molar-refractivity contribution in [3.8, 4) is 0 Å². The summed E-state index contributed by atoms with van der Waals surface area (Å²) in [5.41, 5.74) is 0.142. The van der Waals surface area contributed by atoms with E-state index in [0.717, 1.165) is 12.8 Å². The fourth-order valence-corrected chi connectivity index (χ4v) is 3.76. The number of nitrogens with one attached hydrogen (secondary N) is 2. The van der Waals surface area contributed by atoms with Crippen LogP contribution in [0.25, 0.3) is 0 Å². The van der Waals surface area contributed by atoms with Crippen LogP contribution in [0.15, 0.2) is 24.3 Å². The average Bonchev–Trinajstić information content (AvgIpc) is 3.22. The van der Waals surface area contributed by atoms with Gasteiger partial charge in [-0.2, -0.15) is 0 Å². The Labute approximate surface area is 163 Å². The maximum atomic E-state index is 12.6. The van der Waals surface area contributed by atoms with Crippen molar-refractivity contribution in [1.82, 2.24) is 10.2 Å². The number of carbonyl (C=O) groups is 4. The van der Waals surface area contributed by atoms with Gasteiger partial charge in [0.25, 0.3) is 5.91 Å². The third kappa shape index (κ3) is 4.16. The number of ether oxygens (including phenoxy) is 1. The molecule has 4 amide bonds. The Morgan fingerprint density at radius 1 is 1.25 bits per heavy atom. The minimum absolute atomic E-state index is 0.160. The summed E-state index contributed by atoms with van der Waals surface area (Å²) in [6.07, 6.45) is 3.78. The van der Waals surface area contributed by atoms with E-state index in [1.165, 1.54) is 4.90 Å². The fourth-order valence-electron chi connectivity index (χ4n) is 3.76. The molecule has 8 heteroatoms. The number of hydrogen-bond acceptors (Lipinski definition) is 5. The zero-order valence-electron chi connectivity index (χ0n) is 16.0. The summed E-state index contributed by atoms with van der Waals surface area (Å²) in [6, 6.07) is 6.15. The zero-order chi connectivity index (χ0) is 20.1. The number of urea groups is 1. The molecule has 1 saturated carbocycles. The van der Waals surface area contributed by atoms with E-state index < -0.39 is 11.5 Å². The van der Waals surface area contributed by atoms with Crippen LogP contribution >= 0.6 is 0 Å². The molecule has 1 saturated heterocycles. The number of carbonyl (C=O) groups excluding carboxylic acids is 4. The molecule has 1 aromatic rings. The predicted molar refractivity (Wildman–Crippen MR) is 102 cm³/mol. The standard InChI is InChI=1S/C20H25N3O5/c1-2-28-17(25)14-7-5-8-15(13-14)21-16(24)9-6-12-23-18(26)20(22-19(23)27)10-3-4-11-20/h5,7-8,13H,2-4,6,9-12H2,1H3,(H,21,24)(H,22,27). The maximum Gasteiger partial charge on any atom is 0.338 e. The topological polar surface area (TPSA) is 105 Å². The smallest absolute Gasteiger partial charge is 0.338 e. The van der Waals surface area contributed by atoms with E-state index in [-0.39, 0.29) is 37.4 Å². The molecule has 0 aromatic heterocycles. The van der Waals surface area contributed by atoms with Crippen molar-refractivity contribution in [1.29, 1.82) is 0 Å². The highest BCUT2D eigenvalue weighted by Crippen LogP contribution is 2.35. The van der Waals surface area contributed by atoms with Crippen molar-refractivity contribution < 1.29 is 23.9 Å². The average molecular weight is 387 g/mol. The second-order valence-electron chi connectivity index (χ2n) is 7.13. The quantitative estimate of drug-likeness (QED) is 0.552. The van der Waals surface area contributed by atoms with E-state index >= 15 is 0 Å². The van der Waals surface area contributed by atoms with Gasteiger partial charge in [0.05, 0.1) is 12.2 Å². The van der Waals surface area contributed by atoms with Gasteiger partial charge in [0.2, 0.25) is 5.91 Å². The van der Waals surface area contributed by atoms with Crippen molar-refractivity contribution in [2.75, 3.05) is 18.5 Å². The highest BCUT2D eigenvalue weighted by molar-refractivity contribution is 6.07. The molecule has 1 spiro atoms. The molecule has 1 aliphatic carbocycles. The van der Waals surface area contributed by atoms with Gasteiger partial charge in [0, 0.05) is 18.7 Å². The maximum absolute atomic E-state index is 12.6. The second kappa shape index (κ2) is 8.41. The predicted octanol–water partition coefficient (Wildman–Crippen LogP) is 2.45. The first-order valence-electron chi connectivity index (χ1n) is 9.66. The molecular formula is C20H25N3O5. The zero-order valence-corrected chi connectivity index (χ0v) is 16.0. The van der Waals surface area contributed by atoms with Gasteiger partial charge < -0.3 is 15.4 Å². The Kier molecular flexibility index (Phi) is 5.96. The summed E-state index contributed by atoms with van der Waals surface area (Å²) >= 11 is 0. The van der Waals surface area contributed by atoms with Crippen LogP contribution in [-0.4, -0.2) is 47.4 Å². The first kappa shape index (κ1) is 19.9. The molecule has 8 nitrogen and oxygen atoms in total. The minimum Gasteiger partial charge on any atom is -0.462 e. The van der Waals surface area contributed by atoms with E-state index in [9.17, 15) is 19.2 Å².